The number of nitrogens with one attached hydrogen (secondary N) is 5. The van der Waals surface area contributed by atoms with E-state index >= 15 is 0 Å². The van der Waals surface area contributed by atoms with E-state index in [1.54, 1.807) is 30.3 Å². The summed E-state index contributed by atoms with van der Waals surface area (Å²) in [7, 11) is 0. The fourth-order valence-corrected chi connectivity index (χ4v) is 5.53. The van der Waals surface area contributed by atoms with E-state index in [4.69, 9.17) is 5.73 Å². The third-order valence-electron chi connectivity index (χ3n) is 7.52. The molecule has 268 valence electrons. The first-order chi connectivity index (χ1) is 23.5. The van der Waals surface area contributed by atoms with Crippen LogP contribution in [0.1, 0.15) is 67.6 Å². The minimum atomic E-state index is -1.14. The van der Waals surface area contributed by atoms with Crippen LogP contribution in [0, 0.1) is 5.92 Å². The molecule has 0 aliphatic carbocycles. The van der Waals surface area contributed by atoms with Crippen LogP contribution in [0.2, 0.25) is 0 Å². The van der Waals surface area contributed by atoms with Crippen LogP contribution in [0.5, 0.6) is 0 Å². The van der Waals surface area contributed by atoms with E-state index in [2.05, 4.69) is 44.2 Å². The number of carbonyl (C=O) groups excluding carboxylic acids is 6. The van der Waals surface area contributed by atoms with Crippen molar-refractivity contribution in [3.63, 3.8) is 0 Å². The summed E-state index contributed by atoms with van der Waals surface area (Å²) in [5, 5.41) is 13.1. The third kappa shape index (κ3) is 15.0. The number of thiol groups is 1. The smallest absolute Gasteiger partial charge is 0.259 e. The molecule has 49 heavy (non-hydrogen) atoms. The summed E-state index contributed by atoms with van der Waals surface area (Å²) in [4.78, 5) is 82.2. The molecule has 4 atom stereocenters. The molecule has 0 radical (unpaired) electrons. The molecule has 0 saturated heterocycles. The molecule has 7 N–H and O–H groups in total. The number of rotatable bonds is 22. The predicted molar refractivity (Wildman–Crippen MR) is 194 cm³/mol. The van der Waals surface area contributed by atoms with Gasteiger partial charge in [0, 0.05) is 24.1 Å². The van der Waals surface area contributed by atoms with Crippen LogP contribution in [-0.2, 0) is 36.1 Å². The van der Waals surface area contributed by atoms with Crippen LogP contribution in [0.3, 0.4) is 0 Å². The maximum Gasteiger partial charge on any atom is 0.259 e. The van der Waals surface area contributed by atoms with E-state index in [1.807, 2.05) is 26.2 Å². The standard InChI is InChI=1S/C34H49N7O6S2/c1-22(2)17-28(39-31(44)26(37-21-42)14-16-49-3)33(46)40-29(18-23-9-5-4-6-10-23)34(47)38-27(11-7-8-15-35)32(45)41-30(43)24-12-13-25(20-48)36-19-24/h4-6,9-10,12-13,19,21-22,26-29,48H,7-8,11,14-18,20,35H2,1-3H3,(H,37,42)(H,38,47)(H,39,44)(H,40,46)(H,41,43,45)/t26-,27-,28-,29-/m0/s1. The highest BCUT2D eigenvalue weighted by Crippen LogP contribution is 2.11. The van der Waals surface area contributed by atoms with Crippen LogP contribution in [-0.4, -0.2) is 83.7 Å². The molecule has 0 aliphatic rings. The number of hydrogen-bond acceptors (Lipinski definition) is 10. The van der Waals surface area contributed by atoms with Crippen molar-refractivity contribution in [3.05, 3.63) is 65.5 Å². The summed E-state index contributed by atoms with van der Waals surface area (Å²) in [5.41, 5.74) is 7.23. The summed E-state index contributed by atoms with van der Waals surface area (Å²) in [6, 6.07) is 8.10. The van der Waals surface area contributed by atoms with Gasteiger partial charge in [0.05, 0.1) is 5.56 Å². The second-order valence-corrected chi connectivity index (χ2v) is 13.2. The number of thioether (sulfide) groups is 1. The summed E-state index contributed by atoms with van der Waals surface area (Å²) in [6.07, 6.45) is 5.67. The Bertz CT molecular complexity index is 1360. The molecule has 0 saturated carbocycles. The minimum absolute atomic E-state index is 0.00131. The Balaban J connectivity index is 2.30. The molecule has 2 aromatic rings. The van der Waals surface area contributed by atoms with Crippen molar-refractivity contribution in [1.82, 2.24) is 31.6 Å². The number of imide groups is 1. The minimum Gasteiger partial charge on any atom is -0.347 e. The van der Waals surface area contributed by atoms with Gasteiger partial charge in [-0.05, 0) is 74.3 Å². The quantitative estimate of drug-likeness (QED) is 0.0536. The Morgan fingerprint density at radius 3 is 2.10 bits per heavy atom. The average molecular weight is 716 g/mol. The zero-order valence-electron chi connectivity index (χ0n) is 28.3. The number of unbranched alkanes of at least 4 members (excludes halogenated alkanes) is 1. The average Bonchev–Trinajstić information content (AvgIpc) is 3.09. The maximum absolute atomic E-state index is 13.9. The first kappa shape index (κ1) is 41.2. The Labute approximate surface area is 297 Å². The van der Waals surface area contributed by atoms with Gasteiger partial charge < -0.3 is 27.0 Å². The molecule has 2 rings (SSSR count). The SMILES string of the molecule is CSCC[C@H](NC=O)C(=O)N[C@@H](CC(C)C)C(=O)N[C@@H](Cc1ccccc1)C(=O)N[C@@H](CCCCN)C(=O)NC(=O)c1ccc(CS)nc1. The van der Waals surface area contributed by atoms with Crippen LogP contribution < -0.4 is 32.3 Å². The third-order valence-corrected chi connectivity index (χ3v) is 8.49. The second-order valence-electron chi connectivity index (χ2n) is 11.9. The van der Waals surface area contributed by atoms with Crippen LogP contribution >= 0.6 is 24.4 Å². The van der Waals surface area contributed by atoms with Crippen molar-refractivity contribution < 1.29 is 28.8 Å². The van der Waals surface area contributed by atoms with Gasteiger partial charge in [0.1, 0.15) is 24.2 Å². The van der Waals surface area contributed by atoms with Crippen LogP contribution in [0.15, 0.2) is 48.7 Å². The van der Waals surface area contributed by atoms with Gasteiger partial charge in [-0.3, -0.25) is 39.1 Å². The topological polar surface area (TPSA) is 201 Å². The number of amides is 6. The highest BCUT2D eigenvalue weighted by molar-refractivity contribution is 7.98. The van der Waals surface area contributed by atoms with Gasteiger partial charge in [0.25, 0.3) is 5.91 Å². The normalized spacial score (nSPS) is 13.3. The first-order valence-electron chi connectivity index (χ1n) is 16.3. The van der Waals surface area contributed by atoms with E-state index in [0.29, 0.717) is 49.4 Å². The molecule has 0 bridgehead atoms. The zero-order valence-corrected chi connectivity index (χ0v) is 30.0. The number of benzene rings is 1. The number of hydrogen-bond donors (Lipinski definition) is 7. The summed E-state index contributed by atoms with van der Waals surface area (Å²) in [5.74, 6) is -2.15. The van der Waals surface area contributed by atoms with Gasteiger partial charge in [-0.1, -0.05) is 44.2 Å². The maximum atomic E-state index is 13.9. The molecule has 15 heteroatoms. The van der Waals surface area contributed by atoms with Crippen molar-refractivity contribution in [1.29, 1.82) is 0 Å². The lowest BCUT2D eigenvalue weighted by molar-refractivity contribution is -0.134. The Kier molecular flexibility index (Phi) is 19.0. The van der Waals surface area contributed by atoms with Gasteiger partial charge in [-0.2, -0.15) is 24.4 Å². The van der Waals surface area contributed by atoms with Crippen molar-refractivity contribution >= 4 is 60.3 Å². The van der Waals surface area contributed by atoms with Crippen molar-refractivity contribution in [2.45, 2.75) is 82.3 Å². The van der Waals surface area contributed by atoms with Gasteiger partial charge >= 0.3 is 0 Å². The molecule has 1 aromatic heterocycles. The Morgan fingerprint density at radius 1 is 0.857 bits per heavy atom. The molecule has 0 spiro atoms. The number of aromatic nitrogens is 1. The summed E-state index contributed by atoms with van der Waals surface area (Å²) in [6.45, 7) is 4.17. The van der Waals surface area contributed by atoms with E-state index in [1.165, 1.54) is 24.0 Å². The highest BCUT2D eigenvalue weighted by atomic mass is 32.2. The fraction of sp³-hybridized carbons (Fsp3) is 0.500. The van der Waals surface area contributed by atoms with Gasteiger partial charge in [0.15, 0.2) is 0 Å². The monoisotopic (exact) mass is 715 g/mol. The molecule has 6 amide bonds. The van der Waals surface area contributed by atoms with Gasteiger partial charge in [-0.15, -0.1) is 0 Å². The van der Waals surface area contributed by atoms with Gasteiger partial charge in [-0.25, -0.2) is 0 Å². The second kappa shape index (κ2) is 22.6. The summed E-state index contributed by atoms with van der Waals surface area (Å²) >= 11 is 5.68. The lowest BCUT2D eigenvalue weighted by atomic mass is 10.00. The molecule has 0 unspecified atom stereocenters. The number of nitrogens with two attached hydrogens (primary N) is 1. The zero-order chi connectivity index (χ0) is 36.2. The molecule has 13 nitrogen and oxygen atoms in total. The number of carbonyl (C=O) groups is 6. The lowest BCUT2D eigenvalue weighted by Crippen LogP contribution is -2.59. The number of nitrogens with zero attached hydrogens (tertiary/aromatic N) is 1. The van der Waals surface area contributed by atoms with Crippen molar-refractivity contribution in [2.24, 2.45) is 11.7 Å². The first-order valence-corrected chi connectivity index (χ1v) is 18.3. The van der Waals surface area contributed by atoms with E-state index in [-0.39, 0.29) is 30.7 Å². The molecular weight excluding hydrogens is 667 g/mol. The number of pyridine rings is 1. The largest absolute Gasteiger partial charge is 0.347 e. The van der Waals surface area contributed by atoms with Crippen molar-refractivity contribution in [2.75, 3.05) is 18.6 Å². The van der Waals surface area contributed by atoms with E-state index in [0.717, 1.165) is 5.56 Å². The molecule has 0 fully saturated rings. The molecule has 0 aliphatic heterocycles. The van der Waals surface area contributed by atoms with E-state index in [9.17, 15) is 28.8 Å². The Morgan fingerprint density at radius 2 is 1.51 bits per heavy atom. The van der Waals surface area contributed by atoms with Crippen molar-refractivity contribution in [3.8, 4) is 0 Å². The summed E-state index contributed by atoms with van der Waals surface area (Å²) < 4.78 is 0. The fourth-order valence-electron chi connectivity index (χ4n) is 4.87. The van der Waals surface area contributed by atoms with Crippen LogP contribution in [0.25, 0.3) is 0 Å². The van der Waals surface area contributed by atoms with Gasteiger partial charge in [0.2, 0.25) is 30.0 Å². The van der Waals surface area contributed by atoms with Crippen LogP contribution in [0.4, 0.5) is 0 Å². The Hall–Kier alpha value is -3.95. The predicted octanol–water partition coefficient (Wildman–Crippen LogP) is 1.51. The lowest BCUT2D eigenvalue weighted by Gasteiger charge is -2.27. The molecule has 1 heterocycles. The molecular formula is C34H49N7O6S2. The van der Waals surface area contributed by atoms with E-state index < -0.39 is 53.7 Å². The molecule has 1 aromatic carbocycles. The highest BCUT2D eigenvalue weighted by Gasteiger charge is 2.32.